The summed E-state index contributed by atoms with van der Waals surface area (Å²) in [5, 5.41) is 9.40. The fourth-order valence-electron chi connectivity index (χ4n) is 3.49. The molecule has 10 nitrogen and oxygen atoms in total. The van der Waals surface area contributed by atoms with Gasteiger partial charge in [-0.2, -0.15) is 9.78 Å². The van der Waals surface area contributed by atoms with E-state index in [1.165, 1.54) is 22.5 Å². The predicted octanol–water partition coefficient (Wildman–Crippen LogP) is 0.927. The average molecular weight is 417 g/mol. The van der Waals surface area contributed by atoms with Crippen molar-refractivity contribution in [1.82, 2.24) is 29.4 Å². The fourth-order valence-corrected chi connectivity index (χ4v) is 3.98. The van der Waals surface area contributed by atoms with Crippen molar-refractivity contribution in [2.24, 2.45) is 7.05 Å². The van der Waals surface area contributed by atoms with E-state index in [-0.39, 0.29) is 11.8 Å². The number of sulfonamides is 1. The summed E-state index contributed by atoms with van der Waals surface area (Å²) in [5.74, 6) is 0.130. The highest BCUT2D eigenvalue weighted by Gasteiger charge is 2.23. The first kappa shape index (κ1) is 19.4. The number of carbonyl (C=O) groups is 1. The highest BCUT2D eigenvalue weighted by atomic mass is 32.2. The molecule has 0 unspecified atom stereocenters. The molecule has 0 atom stereocenters. The first-order valence-electron chi connectivity index (χ1n) is 9.24. The summed E-state index contributed by atoms with van der Waals surface area (Å²) in [6.45, 7) is 3.50. The number of amides is 1. The summed E-state index contributed by atoms with van der Waals surface area (Å²) in [5.41, 5.74) is 2.32. The largest absolute Gasteiger partial charge is 0.344 e. The van der Waals surface area contributed by atoms with Crippen molar-refractivity contribution >= 4 is 32.8 Å². The molecule has 2 aromatic heterocycles. The Morgan fingerprint density at radius 2 is 1.93 bits per heavy atom. The Morgan fingerprint density at radius 3 is 2.66 bits per heavy atom. The van der Waals surface area contributed by atoms with Crippen molar-refractivity contribution < 1.29 is 13.2 Å². The van der Waals surface area contributed by atoms with Gasteiger partial charge in [-0.25, -0.2) is 13.2 Å². The summed E-state index contributed by atoms with van der Waals surface area (Å²) in [6.07, 6.45) is 4.37. The molecule has 1 aliphatic heterocycles. The molecule has 29 heavy (non-hydrogen) atoms. The third-order valence-electron chi connectivity index (χ3n) is 4.93. The van der Waals surface area contributed by atoms with Crippen molar-refractivity contribution in [3.63, 3.8) is 0 Å². The molecule has 3 aromatic rings. The van der Waals surface area contributed by atoms with Gasteiger partial charge in [-0.3, -0.25) is 14.3 Å². The van der Waals surface area contributed by atoms with E-state index in [4.69, 9.17) is 0 Å². The van der Waals surface area contributed by atoms with Crippen LogP contribution in [-0.2, 0) is 23.6 Å². The molecule has 0 spiro atoms. The van der Waals surface area contributed by atoms with E-state index in [9.17, 15) is 13.2 Å². The molecule has 1 amide bonds. The van der Waals surface area contributed by atoms with Crippen LogP contribution in [0.1, 0.15) is 5.56 Å². The number of fused-ring (bicyclic) bond motifs is 1. The Kier molecular flexibility index (Phi) is 5.01. The smallest absolute Gasteiger partial charge is 0.320 e. The number of carbonyl (C=O) groups excluding carboxylic acids is 1. The van der Waals surface area contributed by atoms with Gasteiger partial charge in [0.1, 0.15) is 0 Å². The van der Waals surface area contributed by atoms with Gasteiger partial charge in [-0.1, -0.05) is 6.07 Å². The summed E-state index contributed by atoms with van der Waals surface area (Å²) in [4.78, 5) is 16.6. The normalized spacial score (nSPS) is 15.7. The SMILES string of the molecule is Cn1ncc2cc(CN3CCN(C(=O)n4ccc(NS(C)(=O)=O)n4)CC3)ccc21. The van der Waals surface area contributed by atoms with Gasteiger partial charge in [-0.05, 0) is 17.7 Å². The topological polar surface area (TPSA) is 105 Å². The van der Waals surface area contributed by atoms with Gasteiger partial charge >= 0.3 is 6.03 Å². The summed E-state index contributed by atoms with van der Waals surface area (Å²) in [6, 6.07) is 7.55. The van der Waals surface area contributed by atoms with Crippen LogP contribution in [0.5, 0.6) is 0 Å². The molecule has 1 fully saturated rings. The Bertz CT molecular complexity index is 1140. The zero-order chi connectivity index (χ0) is 20.6. The monoisotopic (exact) mass is 417 g/mol. The molecule has 1 saturated heterocycles. The molecular weight excluding hydrogens is 394 g/mol. The number of anilines is 1. The van der Waals surface area contributed by atoms with Crippen LogP contribution in [0.3, 0.4) is 0 Å². The van der Waals surface area contributed by atoms with Crippen molar-refractivity contribution in [1.29, 1.82) is 0 Å². The Balaban J connectivity index is 1.34. The van der Waals surface area contributed by atoms with Crippen LogP contribution >= 0.6 is 0 Å². The lowest BCUT2D eigenvalue weighted by Gasteiger charge is -2.34. The van der Waals surface area contributed by atoms with Crippen molar-refractivity contribution in [3.8, 4) is 0 Å². The lowest BCUT2D eigenvalue weighted by Crippen LogP contribution is -2.49. The minimum atomic E-state index is -3.43. The molecule has 0 bridgehead atoms. The van der Waals surface area contributed by atoms with Gasteiger partial charge in [0.25, 0.3) is 0 Å². The van der Waals surface area contributed by atoms with E-state index in [0.717, 1.165) is 36.8 Å². The lowest BCUT2D eigenvalue weighted by atomic mass is 10.1. The van der Waals surface area contributed by atoms with Gasteiger partial charge in [0, 0.05) is 57.4 Å². The van der Waals surface area contributed by atoms with Crippen LogP contribution in [0, 0.1) is 0 Å². The summed E-state index contributed by atoms with van der Waals surface area (Å²) in [7, 11) is -1.50. The predicted molar refractivity (Wildman–Crippen MR) is 109 cm³/mol. The highest BCUT2D eigenvalue weighted by molar-refractivity contribution is 7.92. The zero-order valence-corrected chi connectivity index (χ0v) is 17.1. The average Bonchev–Trinajstić information content (AvgIpc) is 3.27. The van der Waals surface area contributed by atoms with E-state index in [1.54, 1.807) is 4.90 Å². The van der Waals surface area contributed by atoms with Crippen molar-refractivity contribution in [3.05, 3.63) is 42.2 Å². The summed E-state index contributed by atoms with van der Waals surface area (Å²) >= 11 is 0. The van der Waals surface area contributed by atoms with Gasteiger partial charge < -0.3 is 4.90 Å². The summed E-state index contributed by atoms with van der Waals surface area (Å²) < 4.78 is 27.8. The molecule has 4 rings (SSSR count). The van der Waals surface area contributed by atoms with Crippen molar-refractivity contribution in [2.45, 2.75) is 6.54 Å². The number of hydrogen-bond acceptors (Lipinski definition) is 6. The first-order valence-corrected chi connectivity index (χ1v) is 11.1. The Hall–Kier alpha value is -2.92. The van der Waals surface area contributed by atoms with E-state index in [0.29, 0.717) is 13.1 Å². The molecule has 0 radical (unpaired) electrons. The van der Waals surface area contributed by atoms with E-state index in [1.807, 2.05) is 17.9 Å². The number of rotatable bonds is 4. The molecule has 1 N–H and O–H groups in total. The number of hydrogen-bond donors (Lipinski definition) is 1. The second kappa shape index (κ2) is 7.48. The number of nitrogens with one attached hydrogen (secondary N) is 1. The molecular formula is C18H23N7O3S. The molecule has 1 aliphatic rings. The van der Waals surface area contributed by atoms with Crippen molar-refractivity contribution in [2.75, 3.05) is 37.2 Å². The van der Waals surface area contributed by atoms with E-state index in [2.05, 4.69) is 38.0 Å². The van der Waals surface area contributed by atoms with Crippen LogP contribution in [0.15, 0.2) is 36.7 Å². The molecule has 3 heterocycles. The van der Waals surface area contributed by atoms with Crippen LogP contribution in [0.4, 0.5) is 10.6 Å². The third-order valence-corrected chi connectivity index (χ3v) is 5.51. The van der Waals surface area contributed by atoms with E-state index < -0.39 is 10.0 Å². The number of aryl methyl sites for hydroxylation is 1. The maximum Gasteiger partial charge on any atom is 0.344 e. The Morgan fingerprint density at radius 1 is 1.17 bits per heavy atom. The second-order valence-corrected chi connectivity index (χ2v) is 8.98. The molecule has 0 saturated carbocycles. The number of nitrogens with zero attached hydrogens (tertiary/aromatic N) is 6. The van der Waals surface area contributed by atoms with Gasteiger partial charge in [0.05, 0.1) is 18.0 Å². The molecule has 154 valence electrons. The lowest BCUT2D eigenvalue weighted by molar-refractivity contribution is 0.134. The van der Waals surface area contributed by atoms with Crippen LogP contribution < -0.4 is 4.72 Å². The van der Waals surface area contributed by atoms with Gasteiger partial charge in [0.15, 0.2) is 5.82 Å². The molecule has 1 aromatic carbocycles. The minimum Gasteiger partial charge on any atom is -0.320 e. The molecule has 0 aliphatic carbocycles. The van der Waals surface area contributed by atoms with Gasteiger partial charge in [-0.15, -0.1) is 5.10 Å². The maximum atomic E-state index is 12.6. The zero-order valence-electron chi connectivity index (χ0n) is 16.3. The second-order valence-electron chi connectivity index (χ2n) is 7.23. The standard InChI is InChI=1S/C18H23N7O3S/c1-22-16-4-3-14(11-15(16)12-19-22)13-23-7-9-24(10-8-23)18(26)25-6-5-17(20-25)21-29(2,27)28/h3-6,11-12H,7-10,13H2,1-2H3,(H,20,21). The van der Waals surface area contributed by atoms with Gasteiger partial charge in [0.2, 0.25) is 10.0 Å². The molecule has 11 heteroatoms. The number of aromatic nitrogens is 4. The highest BCUT2D eigenvalue weighted by Crippen LogP contribution is 2.17. The quantitative estimate of drug-likeness (QED) is 0.677. The maximum absolute atomic E-state index is 12.6. The Labute approximate surface area is 168 Å². The minimum absolute atomic E-state index is 0.130. The third kappa shape index (κ3) is 4.40. The number of piperazine rings is 1. The van der Waals surface area contributed by atoms with Crippen LogP contribution in [0.25, 0.3) is 10.9 Å². The fraction of sp³-hybridized carbons (Fsp3) is 0.389. The van der Waals surface area contributed by atoms with Crippen LogP contribution in [0.2, 0.25) is 0 Å². The first-order chi connectivity index (χ1) is 13.8. The van der Waals surface area contributed by atoms with Crippen LogP contribution in [-0.4, -0.2) is 76.2 Å². The van der Waals surface area contributed by atoms with E-state index >= 15 is 0 Å². The number of benzene rings is 1.